The number of hydrogen-bond acceptors (Lipinski definition) is 2. The Balaban J connectivity index is 0.000000490. The Kier molecular flexibility index (Phi) is 3.58. The molecule has 0 atom stereocenters. The molecule has 0 amide bonds. The fourth-order valence-corrected chi connectivity index (χ4v) is 2.24. The monoisotopic (exact) mass is 143 g/mol. The standard InChI is InChI=1S/C4H8O2S.Na/c5-7(6)3-1-2-4-7;/h1-4H2;. The number of sulfone groups is 1. The van der Waals surface area contributed by atoms with Gasteiger partial charge in [-0.25, -0.2) is 8.42 Å². The van der Waals surface area contributed by atoms with Crippen LogP contribution in [0.15, 0.2) is 0 Å². The van der Waals surface area contributed by atoms with Crippen LogP contribution in [0.25, 0.3) is 0 Å². The molecule has 0 spiro atoms. The van der Waals surface area contributed by atoms with Crippen LogP contribution in [-0.4, -0.2) is 49.5 Å². The summed E-state index contributed by atoms with van der Waals surface area (Å²) in [4.78, 5) is 0. The molecule has 0 aromatic heterocycles. The summed E-state index contributed by atoms with van der Waals surface area (Å²) < 4.78 is 20.9. The molecule has 0 aliphatic carbocycles. The fraction of sp³-hybridized carbons (Fsp3) is 1.00. The third-order valence-electron chi connectivity index (χ3n) is 1.16. The molecule has 0 N–H and O–H groups in total. The van der Waals surface area contributed by atoms with Crippen molar-refractivity contribution in [3.8, 4) is 0 Å². The molecule has 0 aromatic rings. The van der Waals surface area contributed by atoms with E-state index in [4.69, 9.17) is 0 Å². The topological polar surface area (TPSA) is 34.1 Å². The van der Waals surface area contributed by atoms with Gasteiger partial charge < -0.3 is 0 Å². The van der Waals surface area contributed by atoms with E-state index in [9.17, 15) is 8.42 Å². The first-order chi connectivity index (χ1) is 3.21. The zero-order valence-corrected chi connectivity index (χ0v) is 7.87. The molecule has 1 aliphatic heterocycles. The van der Waals surface area contributed by atoms with Crippen LogP contribution in [0.5, 0.6) is 0 Å². The largest absolute Gasteiger partial charge is 0.229 e. The molecule has 1 radical (unpaired) electrons. The van der Waals surface area contributed by atoms with E-state index < -0.39 is 9.84 Å². The van der Waals surface area contributed by atoms with Crippen molar-refractivity contribution in [1.82, 2.24) is 0 Å². The van der Waals surface area contributed by atoms with Gasteiger partial charge in [0.25, 0.3) is 0 Å². The van der Waals surface area contributed by atoms with Crippen molar-refractivity contribution in [2.24, 2.45) is 0 Å². The smallest absolute Gasteiger partial charge is 0.150 e. The molecule has 1 saturated heterocycles. The Bertz CT molecular complexity index is 137. The van der Waals surface area contributed by atoms with E-state index in [2.05, 4.69) is 0 Å². The molecular formula is C4H8NaO2S. The summed E-state index contributed by atoms with van der Waals surface area (Å²) >= 11 is 0. The molecule has 0 unspecified atom stereocenters. The Morgan fingerprint density at radius 3 is 1.50 bits per heavy atom. The van der Waals surface area contributed by atoms with Crippen molar-refractivity contribution < 1.29 is 8.42 Å². The van der Waals surface area contributed by atoms with Gasteiger partial charge in [0.1, 0.15) is 9.84 Å². The predicted molar refractivity (Wildman–Crippen MR) is 33.6 cm³/mol. The number of hydrogen-bond donors (Lipinski definition) is 0. The summed E-state index contributed by atoms with van der Waals surface area (Å²) in [5, 5.41) is 0. The van der Waals surface area contributed by atoms with E-state index in [1.165, 1.54) is 0 Å². The van der Waals surface area contributed by atoms with E-state index in [1.54, 1.807) is 0 Å². The van der Waals surface area contributed by atoms with Gasteiger partial charge in [0.2, 0.25) is 0 Å². The zero-order valence-electron chi connectivity index (χ0n) is 5.05. The molecule has 1 rings (SSSR count). The van der Waals surface area contributed by atoms with Crippen LogP contribution in [0.2, 0.25) is 0 Å². The Morgan fingerprint density at radius 1 is 1.00 bits per heavy atom. The first kappa shape index (κ1) is 8.95. The van der Waals surface area contributed by atoms with Crippen LogP contribution >= 0.6 is 0 Å². The minimum absolute atomic E-state index is 0. The van der Waals surface area contributed by atoms with Crippen molar-refractivity contribution in [2.45, 2.75) is 12.8 Å². The van der Waals surface area contributed by atoms with Crippen molar-refractivity contribution in [1.29, 1.82) is 0 Å². The van der Waals surface area contributed by atoms with Gasteiger partial charge in [-0.3, -0.25) is 0 Å². The van der Waals surface area contributed by atoms with Gasteiger partial charge in [-0.15, -0.1) is 0 Å². The van der Waals surface area contributed by atoms with E-state index in [0.29, 0.717) is 11.5 Å². The number of rotatable bonds is 0. The fourth-order valence-electron chi connectivity index (χ4n) is 0.746. The molecule has 1 aliphatic rings. The molecule has 1 heterocycles. The van der Waals surface area contributed by atoms with Gasteiger partial charge in [-0.1, -0.05) is 0 Å². The summed E-state index contributed by atoms with van der Waals surface area (Å²) in [5.41, 5.74) is 0. The second kappa shape index (κ2) is 3.20. The molecule has 8 heavy (non-hydrogen) atoms. The summed E-state index contributed by atoms with van der Waals surface area (Å²) in [6.45, 7) is 0. The van der Waals surface area contributed by atoms with Crippen LogP contribution in [0, 0.1) is 0 Å². The van der Waals surface area contributed by atoms with Gasteiger partial charge in [0.05, 0.1) is 11.5 Å². The van der Waals surface area contributed by atoms with Crippen LogP contribution < -0.4 is 0 Å². The minimum atomic E-state index is -2.55. The van der Waals surface area contributed by atoms with E-state index in [1.807, 2.05) is 0 Å². The minimum Gasteiger partial charge on any atom is -0.229 e. The summed E-state index contributed by atoms with van der Waals surface area (Å²) in [5.74, 6) is 0.847. The molecule has 2 nitrogen and oxygen atoms in total. The van der Waals surface area contributed by atoms with Gasteiger partial charge >= 0.3 is 0 Å². The van der Waals surface area contributed by atoms with Crippen LogP contribution in [0.1, 0.15) is 12.8 Å². The van der Waals surface area contributed by atoms with Gasteiger partial charge in [-0.2, -0.15) is 0 Å². The summed E-state index contributed by atoms with van der Waals surface area (Å²) in [6, 6.07) is 0. The van der Waals surface area contributed by atoms with Crippen molar-refractivity contribution in [3.05, 3.63) is 0 Å². The SMILES string of the molecule is O=S1(=O)CCCC1.[Na]. The summed E-state index contributed by atoms with van der Waals surface area (Å²) in [6.07, 6.45) is 1.75. The first-order valence-corrected chi connectivity index (χ1v) is 4.23. The van der Waals surface area contributed by atoms with Crippen LogP contribution in [0.4, 0.5) is 0 Å². The van der Waals surface area contributed by atoms with E-state index in [0.717, 1.165) is 12.8 Å². The second-order valence-electron chi connectivity index (χ2n) is 1.86. The van der Waals surface area contributed by atoms with Crippen LogP contribution in [0.3, 0.4) is 0 Å². The molecule has 43 valence electrons. The summed E-state index contributed by atoms with van der Waals surface area (Å²) in [7, 11) is -2.55. The first-order valence-electron chi connectivity index (χ1n) is 2.41. The van der Waals surface area contributed by atoms with Gasteiger partial charge in [0.15, 0.2) is 0 Å². The van der Waals surface area contributed by atoms with Gasteiger partial charge in [-0.05, 0) is 12.8 Å². The molecule has 1 fully saturated rings. The Labute approximate surface area is 71.9 Å². The maximum atomic E-state index is 10.4. The molecule has 0 aromatic carbocycles. The zero-order chi connectivity index (χ0) is 5.33. The van der Waals surface area contributed by atoms with Crippen molar-refractivity contribution in [3.63, 3.8) is 0 Å². The second-order valence-corrected chi connectivity index (χ2v) is 4.16. The predicted octanol–water partition coefficient (Wildman–Crippen LogP) is -0.186. The quantitative estimate of drug-likeness (QED) is 0.440. The maximum absolute atomic E-state index is 10.4. The normalized spacial score (nSPS) is 24.5. The van der Waals surface area contributed by atoms with Gasteiger partial charge in [0, 0.05) is 29.6 Å². The van der Waals surface area contributed by atoms with Crippen molar-refractivity contribution in [2.75, 3.05) is 11.5 Å². The van der Waals surface area contributed by atoms with Crippen molar-refractivity contribution >= 4 is 39.4 Å². The van der Waals surface area contributed by atoms with Crippen LogP contribution in [-0.2, 0) is 9.84 Å². The molecule has 0 bridgehead atoms. The van der Waals surface area contributed by atoms with E-state index in [-0.39, 0.29) is 29.6 Å². The Hall–Kier alpha value is 0.950. The third-order valence-corrected chi connectivity index (χ3v) is 2.98. The average Bonchev–Trinajstić information content (AvgIpc) is 1.84. The Morgan fingerprint density at radius 2 is 1.38 bits per heavy atom. The molecule has 0 saturated carbocycles. The maximum Gasteiger partial charge on any atom is 0.150 e. The average molecular weight is 143 g/mol. The van der Waals surface area contributed by atoms with E-state index >= 15 is 0 Å². The third kappa shape index (κ3) is 2.49. The molecule has 4 heteroatoms. The molecular weight excluding hydrogens is 135 g/mol.